The van der Waals surface area contributed by atoms with E-state index >= 15 is 0 Å². The topological polar surface area (TPSA) is 59.6 Å². The molecule has 1 atom stereocenters. The maximum Gasteiger partial charge on any atom is 0.260 e. The van der Waals surface area contributed by atoms with Gasteiger partial charge in [-0.1, -0.05) is 66.2 Å². The lowest BCUT2D eigenvalue weighted by atomic mass is 10.0. The van der Waals surface area contributed by atoms with Crippen molar-refractivity contribution in [2.75, 3.05) is 11.9 Å². The third kappa shape index (κ3) is 7.07. The fraction of sp³-hybridized carbons (Fsp3) is 0.233. The SMILES string of the molecule is C=CCc1cc(/C=C2\S[C@@H](Nc3ccc(CC)cc3)NC2=O)cc(OCC)c1OCc1ccc(Cl)c(Cl)c1. The highest BCUT2D eigenvalue weighted by atomic mass is 35.5. The first-order valence-corrected chi connectivity index (χ1v) is 14.1. The number of aryl methyl sites for hydroxylation is 1. The Kier molecular flexibility index (Phi) is 9.67. The van der Waals surface area contributed by atoms with Crippen LogP contribution in [0.2, 0.25) is 10.0 Å². The zero-order valence-corrected chi connectivity index (χ0v) is 23.7. The minimum absolute atomic E-state index is 0.124. The van der Waals surface area contributed by atoms with E-state index in [-0.39, 0.29) is 11.4 Å². The van der Waals surface area contributed by atoms with E-state index in [0.717, 1.165) is 28.8 Å². The Morgan fingerprint density at radius 3 is 2.47 bits per heavy atom. The molecule has 1 fully saturated rings. The van der Waals surface area contributed by atoms with Gasteiger partial charge in [-0.3, -0.25) is 4.79 Å². The molecule has 5 nitrogen and oxygen atoms in total. The third-order valence-corrected chi connectivity index (χ3v) is 7.64. The highest BCUT2D eigenvalue weighted by Gasteiger charge is 2.27. The molecule has 2 N–H and O–H groups in total. The molecule has 1 amide bonds. The van der Waals surface area contributed by atoms with Crippen molar-refractivity contribution in [2.45, 2.75) is 38.8 Å². The number of hydrogen-bond donors (Lipinski definition) is 2. The second kappa shape index (κ2) is 13.1. The molecule has 0 spiro atoms. The quantitative estimate of drug-likeness (QED) is 0.182. The maximum absolute atomic E-state index is 12.7. The molecule has 4 rings (SSSR count). The summed E-state index contributed by atoms with van der Waals surface area (Å²) in [4.78, 5) is 13.4. The maximum atomic E-state index is 12.7. The summed E-state index contributed by atoms with van der Waals surface area (Å²) in [5.41, 5.74) is 4.61. The summed E-state index contributed by atoms with van der Waals surface area (Å²) in [6.07, 6.45) is 5.25. The van der Waals surface area contributed by atoms with Crippen LogP contribution in [0, 0.1) is 0 Å². The Morgan fingerprint density at radius 2 is 1.79 bits per heavy atom. The van der Waals surface area contributed by atoms with Gasteiger partial charge in [-0.15, -0.1) is 6.58 Å². The fourth-order valence-electron chi connectivity index (χ4n) is 3.99. The summed E-state index contributed by atoms with van der Waals surface area (Å²) >= 11 is 13.7. The third-order valence-electron chi connectivity index (χ3n) is 5.87. The van der Waals surface area contributed by atoms with Crippen LogP contribution < -0.4 is 20.1 Å². The standard InChI is InChI=1S/C30H30Cl2N2O3S/c1-4-7-22-14-21(16-26(36-6-3)28(22)37-18-20-10-13-24(31)25(32)15-20)17-27-29(35)34-30(38-27)33-23-11-8-19(5-2)9-12-23/h4,8-17,30,33H,1,5-7,18H2,2-3H3,(H,34,35)/b27-17-/t30-/m0/s1. The summed E-state index contributed by atoms with van der Waals surface area (Å²) in [6, 6.07) is 17.5. The van der Waals surface area contributed by atoms with E-state index in [1.54, 1.807) is 12.1 Å². The van der Waals surface area contributed by atoms with Crippen LogP contribution in [0.4, 0.5) is 5.69 Å². The molecule has 0 saturated carbocycles. The van der Waals surface area contributed by atoms with Crippen molar-refractivity contribution in [3.05, 3.63) is 104 Å². The van der Waals surface area contributed by atoms with Gasteiger partial charge in [-0.25, -0.2) is 0 Å². The molecule has 38 heavy (non-hydrogen) atoms. The summed E-state index contributed by atoms with van der Waals surface area (Å²) in [6.45, 7) is 8.71. The molecule has 8 heteroatoms. The lowest BCUT2D eigenvalue weighted by Crippen LogP contribution is -2.30. The average Bonchev–Trinajstić information content (AvgIpc) is 3.24. The number of carbonyl (C=O) groups excluding carboxylic acids is 1. The average molecular weight is 570 g/mol. The Balaban J connectivity index is 1.55. The second-order valence-electron chi connectivity index (χ2n) is 8.64. The van der Waals surface area contributed by atoms with Gasteiger partial charge in [0, 0.05) is 11.3 Å². The van der Waals surface area contributed by atoms with Crippen molar-refractivity contribution in [2.24, 2.45) is 0 Å². The molecule has 1 saturated heterocycles. The molecule has 0 bridgehead atoms. The smallest absolute Gasteiger partial charge is 0.260 e. The van der Waals surface area contributed by atoms with Gasteiger partial charge in [-0.05, 0) is 78.9 Å². The van der Waals surface area contributed by atoms with Crippen molar-refractivity contribution in [1.29, 1.82) is 0 Å². The van der Waals surface area contributed by atoms with Gasteiger partial charge in [0.05, 0.1) is 21.6 Å². The van der Waals surface area contributed by atoms with Crippen LogP contribution in [-0.4, -0.2) is 18.0 Å². The van der Waals surface area contributed by atoms with Gasteiger partial charge < -0.3 is 20.1 Å². The van der Waals surface area contributed by atoms with E-state index in [1.807, 2.05) is 49.4 Å². The van der Waals surface area contributed by atoms with Crippen molar-refractivity contribution in [3.63, 3.8) is 0 Å². The number of nitrogens with one attached hydrogen (secondary N) is 2. The predicted molar refractivity (Wildman–Crippen MR) is 159 cm³/mol. The Bertz CT molecular complexity index is 1340. The number of thioether (sulfide) groups is 1. The lowest BCUT2D eigenvalue weighted by Gasteiger charge is -2.17. The number of hydrogen-bond acceptors (Lipinski definition) is 5. The van der Waals surface area contributed by atoms with Gasteiger partial charge >= 0.3 is 0 Å². The van der Waals surface area contributed by atoms with E-state index in [2.05, 4.69) is 36.3 Å². The predicted octanol–water partition coefficient (Wildman–Crippen LogP) is 7.86. The second-order valence-corrected chi connectivity index (χ2v) is 10.6. The van der Waals surface area contributed by atoms with Crippen LogP contribution in [0.3, 0.4) is 0 Å². The molecule has 1 heterocycles. The first kappa shape index (κ1) is 28.0. The zero-order chi connectivity index (χ0) is 27.1. The first-order chi connectivity index (χ1) is 18.4. The number of benzene rings is 3. The molecular formula is C30H30Cl2N2O3S. The van der Waals surface area contributed by atoms with E-state index in [4.69, 9.17) is 32.7 Å². The van der Waals surface area contributed by atoms with E-state index in [9.17, 15) is 4.79 Å². The molecular weight excluding hydrogens is 539 g/mol. The van der Waals surface area contributed by atoms with Gasteiger partial charge in [0.2, 0.25) is 0 Å². The minimum atomic E-state index is -0.256. The van der Waals surface area contributed by atoms with Crippen LogP contribution in [0.1, 0.15) is 36.1 Å². The highest BCUT2D eigenvalue weighted by molar-refractivity contribution is 8.05. The zero-order valence-electron chi connectivity index (χ0n) is 21.4. The number of ether oxygens (including phenoxy) is 2. The number of allylic oxidation sites excluding steroid dienone is 1. The molecule has 1 aliphatic heterocycles. The number of rotatable bonds is 11. The molecule has 1 aliphatic rings. The lowest BCUT2D eigenvalue weighted by molar-refractivity contribution is -0.116. The Morgan fingerprint density at radius 1 is 1.03 bits per heavy atom. The number of anilines is 1. The van der Waals surface area contributed by atoms with Gasteiger partial charge in [0.1, 0.15) is 6.61 Å². The van der Waals surface area contributed by atoms with Crippen molar-refractivity contribution >= 4 is 52.6 Å². The van der Waals surface area contributed by atoms with Crippen molar-refractivity contribution < 1.29 is 14.3 Å². The Hall–Kier alpha value is -3.06. The summed E-state index contributed by atoms with van der Waals surface area (Å²) in [7, 11) is 0. The largest absolute Gasteiger partial charge is 0.490 e. The van der Waals surface area contributed by atoms with Crippen LogP contribution in [0.15, 0.2) is 72.2 Å². The fourth-order valence-corrected chi connectivity index (χ4v) is 5.30. The van der Waals surface area contributed by atoms with Crippen molar-refractivity contribution in [3.8, 4) is 11.5 Å². The normalized spacial score (nSPS) is 15.8. The number of halogens is 2. The van der Waals surface area contributed by atoms with Crippen molar-refractivity contribution in [1.82, 2.24) is 5.32 Å². The number of amides is 1. The van der Waals surface area contributed by atoms with Crippen LogP contribution in [-0.2, 0) is 24.2 Å². The van der Waals surface area contributed by atoms with Crippen LogP contribution in [0.5, 0.6) is 11.5 Å². The first-order valence-electron chi connectivity index (χ1n) is 12.4. The number of carbonyl (C=O) groups is 1. The van der Waals surface area contributed by atoms with E-state index in [1.165, 1.54) is 17.3 Å². The van der Waals surface area contributed by atoms with Crippen LogP contribution >= 0.6 is 35.0 Å². The monoisotopic (exact) mass is 568 g/mol. The molecule has 3 aromatic rings. The highest BCUT2D eigenvalue weighted by Crippen LogP contribution is 2.37. The van der Waals surface area contributed by atoms with Crippen LogP contribution in [0.25, 0.3) is 6.08 Å². The molecule has 0 aliphatic carbocycles. The summed E-state index contributed by atoms with van der Waals surface area (Å²) in [5.74, 6) is 1.12. The van der Waals surface area contributed by atoms with E-state index in [0.29, 0.717) is 46.1 Å². The summed E-state index contributed by atoms with van der Waals surface area (Å²) in [5, 5.41) is 7.33. The molecule has 0 aromatic heterocycles. The molecule has 0 radical (unpaired) electrons. The molecule has 198 valence electrons. The molecule has 0 unspecified atom stereocenters. The van der Waals surface area contributed by atoms with Gasteiger partial charge in [0.25, 0.3) is 5.91 Å². The Labute approximate surface area is 238 Å². The molecule has 3 aromatic carbocycles. The van der Waals surface area contributed by atoms with Gasteiger partial charge in [-0.2, -0.15) is 0 Å². The summed E-state index contributed by atoms with van der Waals surface area (Å²) < 4.78 is 12.2. The van der Waals surface area contributed by atoms with E-state index < -0.39 is 0 Å². The van der Waals surface area contributed by atoms with Gasteiger partial charge in [0.15, 0.2) is 17.0 Å². The minimum Gasteiger partial charge on any atom is -0.490 e.